The first-order chi connectivity index (χ1) is 14.8. The average Bonchev–Trinajstić information content (AvgIpc) is 2.72. The first-order valence-corrected chi connectivity index (χ1v) is 10.8. The number of ether oxygens (including phenoxy) is 1. The summed E-state index contributed by atoms with van der Waals surface area (Å²) in [5.74, 6) is -1.67. The Balaban J connectivity index is 2.10. The lowest BCUT2D eigenvalue weighted by molar-refractivity contribution is -0.384. The number of hydrogen-bond donors (Lipinski definition) is 1. The van der Waals surface area contributed by atoms with E-state index >= 15 is 0 Å². The lowest BCUT2D eigenvalue weighted by atomic mass is 10.1. The SMILES string of the molecule is CN(C)c1ccc(C(=O)OCC(=O)Nc2ccc(Cl)c(S(=O)(=O)N(C)C)c2)cc1[N+](=O)[O-]. The molecule has 2 rings (SSSR count). The fourth-order valence-corrected chi connectivity index (χ4v) is 3.96. The molecule has 11 nitrogen and oxygen atoms in total. The molecule has 172 valence electrons. The summed E-state index contributed by atoms with van der Waals surface area (Å²) >= 11 is 5.96. The third-order valence-electron chi connectivity index (χ3n) is 4.20. The largest absolute Gasteiger partial charge is 0.452 e. The summed E-state index contributed by atoms with van der Waals surface area (Å²) in [7, 11) is 2.08. The summed E-state index contributed by atoms with van der Waals surface area (Å²) < 4.78 is 30.5. The first-order valence-electron chi connectivity index (χ1n) is 8.99. The van der Waals surface area contributed by atoms with Crippen LogP contribution in [0.15, 0.2) is 41.3 Å². The minimum Gasteiger partial charge on any atom is -0.452 e. The summed E-state index contributed by atoms with van der Waals surface area (Å²) in [5, 5.41) is 13.6. The van der Waals surface area contributed by atoms with Crippen LogP contribution in [0.3, 0.4) is 0 Å². The zero-order valence-electron chi connectivity index (χ0n) is 17.7. The first kappa shape index (κ1) is 25.0. The van der Waals surface area contributed by atoms with E-state index in [9.17, 15) is 28.1 Å². The van der Waals surface area contributed by atoms with Crippen LogP contribution in [-0.2, 0) is 19.6 Å². The molecular weight excluding hydrogens is 464 g/mol. The predicted molar refractivity (Wildman–Crippen MR) is 119 cm³/mol. The Kier molecular flexibility index (Phi) is 7.78. The molecule has 0 fully saturated rings. The molecular formula is C19H21ClN4O7S. The second kappa shape index (κ2) is 9.94. The van der Waals surface area contributed by atoms with Crippen LogP contribution in [0.2, 0.25) is 5.02 Å². The zero-order chi connectivity index (χ0) is 24.2. The molecule has 2 aromatic carbocycles. The number of amides is 1. The lowest BCUT2D eigenvalue weighted by Crippen LogP contribution is -2.23. The number of carbonyl (C=O) groups excluding carboxylic acids is 2. The van der Waals surface area contributed by atoms with Gasteiger partial charge in [-0.2, -0.15) is 0 Å². The van der Waals surface area contributed by atoms with Crippen molar-refractivity contribution in [3.63, 3.8) is 0 Å². The van der Waals surface area contributed by atoms with Crippen molar-refractivity contribution in [1.29, 1.82) is 0 Å². The molecule has 32 heavy (non-hydrogen) atoms. The van der Waals surface area contributed by atoms with Gasteiger partial charge in [0, 0.05) is 39.9 Å². The van der Waals surface area contributed by atoms with Crippen LogP contribution in [0, 0.1) is 10.1 Å². The highest BCUT2D eigenvalue weighted by Crippen LogP contribution is 2.28. The van der Waals surface area contributed by atoms with Crippen molar-refractivity contribution in [2.75, 3.05) is 45.0 Å². The monoisotopic (exact) mass is 484 g/mol. The highest BCUT2D eigenvalue weighted by Gasteiger charge is 2.22. The molecule has 0 spiro atoms. The lowest BCUT2D eigenvalue weighted by Gasteiger charge is -2.14. The van der Waals surface area contributed by atoms with Crippen LogP contribution < -0.4 is 10.2 Å². The van der Waals surface area contributed by atoms with Crippen LogP contribution in [0.5, 0.6) is 0 Å². The molecule has 0 aliphatic rings. The number of sulfonamides is 1. The van der Waals surface area contributed by atoms with Gasteiger partial charge in [0.25, 0.3) is 11.6 Å². The average molecular weight is 485 g/mol. The van der Waals surface area contributed by atoms with Gasteiger partial charge in [-0.15, -0.1) is 0 Å². The molecule has 0 aliphatic carbocycles. The Hall–Kier alpha value is -3.22. The van der Waals surface area contributed by atoms with Gasteiger partial charge in [-0.25, -0.2) is 17.5 Å². The van der Waals surface area contributed by atoms with Gasteiger partial charge in [-0.3, -0.25) is 14.9 Å². The van der Waals surface area contributed by atoms with Crippen LogP contribution in [0.25, 0.3) is 0 Å². The summed E-state index contributed by atoms with van der Waals surface area (Å²) in [6, 6.07) is 7.69. The van der Waals surface area contributed by atoms with Gasteiger partial charge in [0.15, 0.2) is 6.61 Å². The van der Waals surface area contributed by atoms with E-state index in [0.29, 0.717) is 5.69 Å². The van der Waals surface area contributed by atoms with E-state index < -0.39 is 33.4 Å². The molecule has 0 saturated heterocycles. The number of esters is 1. The number of nitro groups is 1. The zero-order valence-corrected chi connectivity index (χ0v) is 19.2. The standard InChI is InChI=1S/C19H21ClN4O7S/c1-22(2)15-8-5-12(9-16(15)24(27)28)19(26)31-11-18(25)21-13-6-7-14(20)17(10-13)32(29,30)23(3)4/h5-10H,11H2,1-4H3,(H,21,25). The molecule has 0 radical (unpaired) electrons. The van der Waals surface area contributed by atoms with E-state index in [1.54, 1.807) is 14.1 Å². The molecule has 0 saturated carbocycles. The van der Waals surface area contributed by atoms with Crippen LogP contribution in [0.1, 0.15) is 10.4 Å². The van der Waals surface area contributed by atoms with Crippen molar-refractivity contribution >= 4 is 50.6 Å². The molecule has 2 aromatic rings. The molecule has 0 atom stereocenters. The van der Waals surface area contributed by atoms with Crippen molar-refractivity contribution in [3.05, 3.63) is 57.1 Å². The third kappa shape index (κ3) is 5.72. The second-order valence-corrected chi connectivity index (χ2v) is 9.44. The van der Waals surface area contributed by atoms with E-state index in [1.807, 2.05) is 0 Å². The predicted octanol–water partition coefficient (Wildman–Crippen LogP) is 2.36. The van der Waals surface area contributed by atoms with Crippen molar-refractivity contribution in [3.8, 4) is 0 Å². The Bertz CT molecular complexity index is 1170. The third-order valence-corrected chi connectivity index (χ3v) is 6.49. The maximum Gasteiger partial charge on any atom is 0.338 e. The van der Waals surface area contributed by atoms with E-state index in [-0.39, 0.29) is 26.9 Å². The Labute approximate surface area is 189 Å². The molecule has 0 unspecified atom stereocenters. The molecule has 1 N–H and O–H groups in total. The summed E-state index contributed by atoms with van der Waals surface area (Å²) in [4.78, 5) is 36.3. The maximum absolute atomic E-state index is 12.3. The van der Waals surface area contributed by atoms with Crippen molar-refractivity contribution in [2.24, 2.45) is 0 Å². The van der Waals surface area contributed by atoms with Crippen LogP contribution in [-0.4, -0.2) is 64.3 Å². The summed E-state index contributed by atoms with van der Waals surface area (Å²) in [5.41, 5.74) is 0.0445. The Morgan fingerprint density at radius 1 is 1.12 bits per heavy atom. The minimum atomic E-state index is -3.84. The van der Waals surface area contributed by atoms with Crippen molar-refractivity contribution in [1.82, 2.24) is 4.31 Å². The van der Waals surface area contributed by atoms with Gasteiger partial charge in [0.2, 0.25) is 10.0 Å². The van der Waals surface area contributed by atoms with E-state index in [2.05, 4.69) is 5.32 Å². The summed E-state index contributed by atoms with van der Waals surface area (Å²) in [6.07, 6.45) is 0. The number of nitrogens with one attached hydrogen (secondary N) is 1. The molecule has 0 bridgehead atoms. The maximum atomic E-state index is 12.3. The minimum absolute atomic E-state index is 0.0223. The highest BCUT2D eigenvalue weighted by atomic mass is 35.5. The molecule has 0 aliphatic heterocycles. The van der Waals surface area contributed by atoms with Crippen molar-refractivity contribution < 1.29 is 27.7 Å². The number of rotatable bonds is 8. The highest BCUT2D eigenvalue weighted by molar-refractivity contribution is 7.89. The molecule has 0 aromatic heterocycles. The molecule has 1 amide bonds. The fraction of sp³-hybridized carbons (Fsp3) is 0.263. The van der Waals surface area contributed by atoms with E-state index in [0.717, 1.165) is 10.4 Å². The number of halogens is 1. The number of nitro benzene ring substituents is 1. The molecule has 13 heteroatoms. The number of hydrogen-bond acceptors (Lipinski definition) is 8. The van der Waals surface area contributed by atoms with Gasteiger partial charge in [-0.05, 0) is 30.3 Å². The van der Waals surface area contributed by atoms with Gasteiger partial charge in [0.05, 0.1) is 15.5 Å². The number of anilines is 2. The Morgan fingerprint density at radius 2 is 1.78 bits per heavy atom. The quantitative estimate of drug-likeness (QED) is 0.342. The Morgan fingerprint density at radius 3 is 2.34 bits per heavy atom. The van der Waals surface area contributed by atoms with Crippen LogP contribution in [0.4, 0.5) is 17.1 Å². The topological polar surface area (TPSA) is 139 Å². The van der Waals surface area contributed by atoms with Crippen molar-refractivity contribution in [2.45, 2.75) is 4.90 Å². The molecule has 0 heterocycles. The summed E-state index contributed by atoms with van der Waals surface area (Å²) in [6.45, 7) is -0.694. The smallest absolute Gasteiger partial charge is 0.338 e. The number of carbonyl (C=O) groups is 2. The van der Waals surface area contributed by atoms with E-state index in [1.165, 1.54) is 49.3 Å². The second-order valence-electron chi connectivity index (χ2n) is 6.91. The number of benzene rings is 2. The van der Waals surface area contributed by atoms with Gasteiger partial charge >= 0.3 is 5.97 Å². The fourth-order valence-electron chi connectivity index (χ4n) is 2.56. The number of nitrogens with zero attached hydrogens (tertiary/aromatic N) is 3. The van der Waals surface area contributed by atoms with Gasteiger partial charge < -0.3 is 15.0 Å². The van der Waals surface area contributed by atoms with Gasteiger partial charge in [-0.1, -0.05) is 11.6 Å². The van der Waals surface area contributed by atoms with Crippen LogP contribution >= 0.6 is 11.6 Å². The van der Waals surface area contributed by atoms with Gasteiger partial charge in [0.1, 0.15) is 10.6 Å². The normalized spacial score (nSPS) is 11.2. The van der Waals surface area contributed by atoms with E-state index in [4.69, 9.17) is 16.3 Å².